The molecule has 1 atom stereocenters. The van der Waals surface area contributed by atoms with Gasteiger partial charge in [-0.3, -0.25) is 9.69 Å². The number of benzene rings is 3. The molecule has 41 heavy (non-hydrogen) atoms. The van der Waals surface area contributed by atoms with Crippen molar-refractivity contribution < 1.29 is 4.74 Å². The molecular weight excluding hydrogens is 514 g/mol. The first kappa shape index (κ1) is 26.7. The van der Waals surface area contributed by atoms with Gasteiger partial charge in [-0.1, -0.05) is 42.5 Å². The molecule has 1 saturated heterocycles. The molecule has 210 valence electrons. The lowest BCUT2D eigenvalue weighted by Crippen LogP contribution is -2.49. The first-order chi connectivity index (χ1) is 19.9. The van der Waals surface area contributed by atoms with Gasteiger partial charge in [-0.15, -0.1) is 5.10 Å². The zero-order chi connectivity index (χ0) is 28.5. The van der Waals surface area contributed by atoms with E-state index in [2.05, 4.69) is 62.4 Å². The first-order valence-corrected chi connectivity index (χ1v) is 14.0. The number of pyridine rings is 1. The summed E-state index contributed by atoms with van der Waals surface area (Å²) in [6.45, 7) is 10.0. The number of fused-ring (bicyclic) bond motifs is 1. The Balaban J connectivity index is 1.38. The summed E-state index contributed by atoms with van der Waals surface area (Å²) in [6, 6.07) is 22.0. The zero-order valence-corrected chi connectivity index (χ0v) is 24.0. The average molecular weight is 550 g/mol. The number of nitrogens with zero attached hydrogens (tertiary/aromatic N) is 6. The summed E-state index contributed by atoms with van der Waals surface area (Å²) < 4.78 is 7.13. The number of ether oxygens (including phenoxy) is 1. The number of para-hydroxylation sites is 1. The second-order valence-electron chi connectivity index (χ2n) is 10.8. The number of aromatic nitrogens is 5. The molecule has 0 saturated carbocycles. The van der Waals surface area contributed by atoms with Gasteiger partial charge in [0.15, 0.2) is 5.82 Å². The summed E-state index contributed by atoms with van der Waals surface area (Å²) in [5.41, 5.74) is 7.33. The van der Waals surface area contributed by atoms with Gasteiger partial charge in [-0.05, 0) is 83.1 Å². The van der Waals surface area contributed by atoms with Crippen LogP contribution in [0.5, 0.6) is 5.75 Å². The van der Waals surface area contributed by atoms with E-state index in [1.54, 1.807) is 7.11 Å². The molecule has 0 aliphatic carbocycles. The Kier molecular flexibility index (Phi) is 7.28. The molecule has 3 aromatic carbocycles. The predicted molar refractivity (Wildman–Crippen MR) is 161 cm³/mol. The number of aromatic amines is 1. The number of hydrogen-bond acceptors (Lipinski definition) is 7. The molecule has 1 fully saturated rings. The lowest BCUT2D eigenvalue weighted by molar-refractivity contribution is 0.200. The number of anilines is 1. The highest BCUT2D eigenvalue weighted by molar-refractivity contribution is 5.82. The van der Waals surface area contributed by atoms with E-state index in [1.165, 1.54) is 16.8 Å². The maximum absolute atomic E-state index is 13.7. The molecule has 0 bridgehead atoms. The molecule has 1 aliphatic heterocycles. The Hall–Kier alpha value is -4.50. The molecule has 9 nitrogen and oxygen atoms in total. The molecule has 1 N–H and O–H groups in total. The lowest BCUT2D eigenvalue weighted by atomic mass is 10.0. The third-order valence-corrected chi connectivity index (χ3v) is 8.30. The van der Waals surface area contributed by atoms with Crippen molar-refractivity contribution in [1.29, 1.82) is 0 Å². The van der Waals surface area contributed by atoms with Gasteiger partial charge in [-0.25, -0.2) is 4.68 Å². The number of piperazine rings is 1. The number of aryl methyl sites for hydroxylation is 2. The number of tetrazole rings is 1. The quantitative estimate of drug-likeness (QED) is 0.322. The van der Waals surface area contributed by atoms with Crippen LogP contribution in [0, 0.1) is 20.8 Å². The number of nitrogens with one attached hydrogen (secondary N) is 1. The minimum atomic E-state index is -0.405. The third kappa shape index (κ3) is 5.20. The smallest absolute Gasteiger partial charge is 0.253 e. The normalized spacial score (nSPS) is 14.9. The number of methoxy groups -OCH3 is 1. The molecule has 9 heteroatoms. The van der Waals surface area contributed by atoms with Crippen LogP contribution in [0.2, 0.25) is 0 Å². The van der Waals surface area contributed by atoms with Gasteiger partial charge in [0.2, 0.25) is 0 Å². The molecule has 0 radical (unpaired) electrons. The van der Waals surface area contributed by atoms with Crippen molar-refractivity contribution in [2.75, 3.05) is 38.2 Å². The van der Waals surface area contributed by atoms with E-state index in [0.29, 0.717) is 17.9 Å². The molecule has 0 spiro atoms. The van der Waals surface area contributed by atoms with Gasteiger partial charge in [0, 0.05) is 37.4 Å². The van der Waals surface area contributed by atoms with Crippen LogP contribution in [0.3, 0.4) is 0 Å². The predicted octanol–water partition coefficient (Wildman–Crippen LogP) is 4.41. The van der Waals surface area contributed by atoms with Crippen molar-refractivity contribution in [2.24, 2.45) is 0 Å². The molecule has 2 aromatic heterocycles. The second-order valence-corrected chi connectivity index (χ2v) is 10.8. The van der Waals surface area contributed by atoms with Crippen LogP contribution in [-0.2, 0) is 6.54 Å². The summed E-state index contributed by atoms with van der Waals surface area (Å²) in [4.78, 5) is 21.6. The van der Waals surface area contributed by atoms with Crippen LogP contribution in [0.25, 0.3) is 10.9 Å². The van der Waals surface area contributed by atoms with Gasteiger partial charge in [0.1, 0.15) is 11.8 Å². The lowest BCUT2D eigenvalue weighted by Gasteiger charge is -2.40. The molecule has 5 aromatic rings. The Morgan fingerprint density at radius 3 is 2.41 bits per heavy atom. The van der Waals surface area contributed by atoms with E-state index >= 15 is 0 Å². The Morgan fingerprint density at radius 1 is 0.927 bits per heavy atom. The highest BCUT2D eigenvalue weighted by atomic mass is 16.5. The molecule has 6 rings (SSSR count). The summed E-state index contributed by atoms with van der Waals surface area (Å²) in [6.07, 6.45) is 0. The van der Waals surface area contributed by atoms with Crippen molar-refractivity contribution in [2.45, 2.75) is 33.4 Å². The van der Waals surface area contributed by atoms with Crippen molar-refractivity contribution in [3.8, 4) is 5.75 Å². The topological polar surface area (TPSA) is 92.2 Å². The fourth-order valence-electron chi connectivity index (χ4n) is 5.83. The highest BCUT2D eigenvalue weighted by Gasteiger charge is 2.33. The fourth-order valence-corrected chi connectivity index (χ4v) is 5.83. The number of rotatable bonds is 7. The molecule has 0 unspecified atom stereocenters. The zero-order valence-electron chi connectivity index (χ0n) is 24.0. The van der Waals surface area contributed by atoms with E-state index < -0.39 is 6.04 Å². The van der Waals surface area contributed by atoms with Crippen LogP contribution in [0.1, 0.15) is 39.7 Å². The Morgan fingerprint density at radius 2 is 1.66 bits per heavy atom. The summed E-state index contributed by atoms with van der Waals surface area (Å²) in [5.74, 6) is 1.45. The summed E-state index contributed by atoms with van der Waals surface area (Å²) in [5, 5.41) is 13.9. The van der Waals surface area contributed by atoms with Crippen molar-refractivity contribution in [3.05, 3.63) is 111 Å². The minimum Gasteiger partial charge on any atom is -0.497 e. The largest absolute Gasteiger partial charge is 0.497 e. The van der Waals surface area contributed by atoms with Gasteiger partial charge in [0.25, 0.3) is 5.56 Å². The van der Waals surface area contributed by atoms with Crippen LogP contribution >= 0.6 is 0 Å². The van der Waals surface area contributed by atoms with Crippen LogP contribution in [-0.4, -0.2) is 63.4 Å². The molecule has 3 heterocycles. The SMILES string of the molecule is COc1ccc(Cn2nnnc2[C@H](c2cc3cccc(C)c3[nH]c2=O)N2CCN(c3cccc(C)c3C)CC2)cc1. The molecule has 0 amide bonds. The van der Waals surface area contributed by atoms with Crippen molar-refractivity contribution in [1.82, 2.24) is 30.1 Å². The van der Waals surface area contributed by atoms with Crippen LogP contribution in [0.15, 0.2) is 71.5 Å². The standard InChI is InChI=1S/C32H35N7O2/c1-21-7-6-10-28(23(21)3)37-15-17-38(18-16-37)30(27-19-25-9-5-8-22(2)29(25)33-32(27)40)31-34-35-36-39(31)20-24-11-13-26(41-4)14-12-24/h5-14,19,30H,15-18,20H2,1-4H3,(H,33,40)/t30-/m0/s1. The van der Waals surface area contributed by atoms with Crippen molar-refractivity contribution in [3.63, 3.8) is 0 Å². The minimum absolute atomic E-state index is 0.118. The van der Waals surface area contributed by atoms with Crippen molar-refractivity contribution >= 4 is 16.6 Å². The third-order valence-electron chi connectivity index (χ3n) is 8.30. The summed E-state index contributed by atoms with van der Waals surface area (Å²) in [7, 11) is 1.65. The van der Waals surface area contributed by atoms with E-state index in [4.69, 9.17) is 4.74 Å². The molecule has 1 aliphatic rings. The van der Waals surface area contributed by atoms with Crippen LogP contribution in [0.4, 0.5) is 5.69 Å². The van der Waals surface area contributed by atoms with E-state index in [1.807, 2.05) is 60.1 Å². The maximum atomic E-state index is 13.7. The van der Waals surface area contributed by atoms with E-state index in [0.717, 1.165) is 54.0 Å². The Labute approximate surface area is 239 Å². The number of H-pyrrole nitrogens is 1. The van der Waals surface area contributed by atoms with Gasteiger partial charge >= 0.3 is 0 Å². The Bertz CT molecular complexity index is 1730. The molecular formula is C32H35N7O2. The van der Waals surface area contributed by atoms with Gasteiger partial charge in [0.05, 0.1) is 19.2 Å². The van der Waals surface area contributed by atoms with Crippen LogP contribution < -0.4 is 15.2 Å². The highest BCUT2D eigenvalue weighted by Crippen LogP contribution is 2.31. The van der Waals surface area contributed by atoms with E-state index in [9.17, 15) is 4.79 Å². The summed E-state index contributed by atoms with van der Waals surface area (Å²) >= 11 is 0. The maximum Gasteiger partial charge on any atom is 0.253 e. The average Bonchev–Trinajstić information content (AvgIpc) is 3.44. The second kappa shape index (κ2) is 11.2. The van der Waals surface area contributed by atoms with Gasteiger partial charge < -0.3 is 14.6 Å². The fraction of sp³-hybridized carbons (Fsp3) is 0.312. The number of hydrogen-bond donors (Lipinski definition) is 1. The first-order valence-electron chi connectivity index (χ1n) is 14.0. The van der Waals surface area contributed by atoms with Gasteiger partial charge in [-0.2, -0.15) is 0 Å². The monoisotopic (exact) mass is 549 g/mol. The van der Waals surface area contributed by atoms with E-state index in [-0.39, 0.29) is 5.56 Å².